The van der Waals surface area contributed by atoms with E-state index >= 15 is 0 Å². The average Bonchev–Trinajstić information content (AvgIpc) is 3.09. The molecular weight excluding hydrogens is 404 g/mol. The van der Waals surface area contributed by atoms with Gasteiger partial charge in [-0.05, 0) is 5.56 Å². The van der Waals surface area contributed by atoms with Crippen molar-refractivity contribution in [2.24, 2.45) is 5.73 Å². The molecule has 2 atom stereocenters. The summed E-state index contributed by atoms with van der Waals surface area (Å²) in [5.41, 5.74) is 7.30. The first-order chi connectivity index (χ1) is 12.9. The maximum atomic E-state index is 13.4. The number of sulfonamides is 1. The second-order valence-corrected chi connectivity index (χ2v) is 8.24. The lowest BCUT2D eigenvalue weighted by Crippen LogP contribution is -2.32. The summed E-state index contributed by atoms with van der Waals surface area (Å²) < 4.78 is 44.0. The zero-order valence-electron chi connectivity index (χ0n) is 16.0. The van der Waals surface area contributed by atoms with Gasteiger partial charge in [0, 0.05) is 37.2 Å². The highest BCUT2D eigenvalue weighted by Crippen LogP contribution is 2.41. The Morgan fingerprint density at radius 2 is 1.54 bits per heavy atom. The third-order valence-electron chi connectivity index (χ3n) is 4.83. The Morgan fingerprint density at radius 3 is 2.04 bits per heavy atom. The van der Waals surface area contributed by atoms with Crippen LogP contribution in [0.4, 0.5) is 0 Å². The summed E-state index contributed by atoms with van der Waals surface area (Å²) in [7, 11) is 0.442. The van der Waals surface area contributed by atoms with Crippen molar-refractivity contribution in [1.29, 1.82) is 0 Å². The van der Waals surface area contributed by atoms with Gasteiger partial charge >= 0.3 is 0 Å². The van der Waals surface area contributed by atoms with Crippen molar-refractivity contribution in [3.63, 3.8) is 0 Å². The lowest BCUT2D eigenvalue weighted by atomic mass is 9.95. The highest BCUT2D eigenvalue weighted by Gasteiger charge is 2.41. The maximum absolute atomic E-state index is 13.4. The van der Waals surface area contributed by atoms with Gasteiger partial charge in [-0.1, -0.05) is 30.3 Å². The van der Waals surface area contributed by atoms with Crippen molar-refractivity contribution < 1.29 is 22.6 Å². The molecule has 2 aromatic carbocycles. The Kier molecular flexibility index (Phi) is 7.16. The molecule has 1 saturated heterocycles. The summed E-state index contributed by atoms with van der Waals surface area (Å²) in [6.07, 6.45) is 0. The van der Waals surface area contributed by atoms with E-state index in [0.717, 1.165) is 5.56 Å². The molecule has 2 aromatic rings. The number of halogens is 1. The van der Waals surface area contributed by atoms with E-state index in [1.807, 2.05) is 30.3 Å². The number of hydrogen-bond acceptors (Lipinski definition) is 6. The van der Waals surface area contributed by atoms with E-state index in [1.165, 1.54) is 37.8 Å². The van der Waals surface area contributed by atoms with Crippen LogP contribution in [0.2, 0.25) is 0 Å². The standard InChI is InChI=1S/C19H24N2O5S.ClH/c1-24-14-9-17(25-2)19(18(10-14)26-3)27(22,23)21-11-15(16(20)12-21)13-7-5-4-6-8-13;/h4-10,15-16H,11-12,20H2,1-3H3;1H/t15-,16+;/m0./s1. The summed E-state index contributed by atoms with van der Waals surface area (Å²) >= 11 is 0. The second-order valence-electron chi connectivity index (χ2n) is 6.36. The maximum Gasteiger partial charge on any atom is 0.250 e. The molecule has 0 bridgehead atoms. The molecule has 1 aliphatic rings. The Balaban J connectivity index is 0.00000280. The average molecular weight is 429 g/mol. The highest BCUT2D eigenvalue weighted by atomic mass is 35.5. The minimum atomic E-state index is -3.88. The fraction of sp³-hybridized carbons (Fsp3) is 0.368. The Bertz CT molecular complexity index is 883. The summed E-state index contributed by atoms with van der Waals surface area (Å²) in [4.78, 5) is -0.0192. The first-order valence-corrected chi connectivity index (χ1v) is 9.97. The van der Waals surface area contributed by atoms with Crippen LogP contribution in [0.3, 0.4) is 0 Å². The lowest BCUT2D eigenvalue weighted by Gasteiger charge is -2.21. The van der Waals surface area contributed by atoms with Gasteiger partial charge in [0.1, 0.15) is 17.2 Å². The van der Waals surface area contributed by atoms with Crippen LogP contribution in [0.5, 0.6) is 17.2 Å². The summed E-state index contributed by atoms with van der Waals surface area (Å²) in [6, 6.07) is 12.5. The van der Waals surface area contributed by atoms with Gasteiger partial charge in [-0.25, -0.2) is 8.42 Å². The topological polar surface area (TPSA) is 91.1 Å². The molecule has 9 heteroatoms. The van der Waals surface area contributed by atoms with Crippen LogP contribution in [0.25, 0.3) is 0 Å². The molecule has 154 valence electrons. The summed E-state index contributed by atoms with van der Waals surface area (Å²) in [5.74, 6) is 0.713. The van der Waals surface area contributed by atoms with Gasteiger partial charge in [0.25, 0.3) is 10.0 Å². The van der Waals surface area contributed by atoms with E-state index in [9.17, 15) is 8.42 Å². The van der Waals surface area contributed by atoms with Crippen molar-refractivity contribution >= 4 is 22.4 Å². The Labute approximate surface area is 171 Å². The van der Waals surface area contributed by atoms with E-state index in [-0.39, 0.29) is 47.3 Å². The Morgan fingerprint density at radius 1 is 0.964 bits per heavy atom. The fourth-order valence-corrected chi connectivity index (χ4v) is 5.17. The highest BCUT2D eigenvalue weighted by molar-refractivity contribution is 7.89. The van der Waals surface area contributed by atoms with E-state index < -0.39 is 10.0 Å². The first kappa shape index (κ1) is 22.3. The number of rotatable bonds is 6. The third kappa shape index (κ3) is 4.05. The molecule has 0 amide bonds. The first-order valence-electron chi connectivity index (χ1n) is 8.53. The molecule has 0 aromatic heterocycles. The van der Waals surface area contributed by atoms with Crippen LogP contribution in [0.1, 0.15) is 11.5 Å². The van der Waals surface area contributed by atoms with Crippen LogP contribution in [0, 0.1) is 0 Å². The van der Waals surface area contributed by atoms with Crippen LogP contribution in [-0.4, -0.2) is 53.2 Å². The lowest BCUT2D eigenvalue weighted by molar-refractivity contribution is 0.355. The van der Waals surface area contributed by atoms with Crippen LogP contribution >= 0.6 is 12.4 Å². The number of hydrogen-bond donors (Lipinski definition) is 1. The normalized spacial score (nSPS) is 19.7. The molecule has 1 aliphatic heterocycles. The number of nitrogens with zero attached hydrogens (tertiary/aromatic N) is 1. The molecule has 0 aliphatic carbocycles. The second kappa shape index (κ2) is 9.00. The van der Waals surface area contributed by atoms with Gasteiger partial charge in [-0.15, -0.1) is 12.4 Å². The van der Waals surface area contributed by atoms with Gasteiger partial charge in [0.05, 0.1) is 21.3 Å². The van der Waals surface area contributed by atoms with Crippen molar-refractivity contribution in [2.45, 2.75) is 16.9 Å². The van der Waals surface area contributed by atoms with Gasteiger partial charge in [0.15, 0.2) is 4.90 Å². The Hall–Kier alpha value is -2.00. The molecule has 3 rings (SSSR count). The monoisotopic (exact) mass is 428 g/mol. The molecular formula is C19H25ClN2O5S. The minimum Gasteiger partial charge on any atom is -0.496 e. The van der Waals surface area contributed by atoms with E-state index in [4.69, 9.17) is 19.9 Å². The largest absolute Gasteiger partial charge is 0.496 e. The smallest absolute Gasteiger partial charge is 0.250 e. The van der Waals surface area contributed by atoms with Crippen molar-refractivity contribution in [1.82, 2.24) is 4.31 Å². The molecule has 2 N–H and O–H groups in total. The molecule has 0 saturated carbocycles. The molecule has 1 heterocycles. The van der Waals surface area contributed by atoms with E-state index in [1.54, 1.807) is 0 Å². The summed E-state index contributed by atoms with van der Waals surface area (Å²) in [5, 5.41) is 0. The quantitative estimate of drug-likeness (QED) is 0.758. The molecule has 0 unspecified atom stereocenters. The minimum absolute atomic E-state index is 0. The number of methoxy groups -OCH3 is 3. The molecule has 0 spiro atoms. The number of nitrogens with two attached hydrogens (primary N) is 1. The van der Waals surface area contributed by atoms with Crippen molar-refractivity contribution in [2.75, 3.05) is 34.4 Å². The van der Waals surface area contributed by atoms with Gasteiger partial charge in [-0.3, -0.25) is 0 Å². The van der Waals surface area contributed by atoms with E-state index in [2.05, 4.69) is 0 Å². The number of ether oxygens (including phenoxy) is 3. The zero-order chi connectivity index (χ0) is 19.6. The van der Waals surface area contributed by atoms with Crippen molar-refractivity contribution in [3.05, 3.63) is 48.0 Å². The predicted molar refractivity (Wildman–Crippen MR) is 109 cm³/mol. The van der Waals surface area contributed by atoms with Gasteiger partial charge in [-0.2, -0.15) is 4.31 Å². The third-order valence-corrected chi connectivity index (χ3v) is 6.72. The molecule has 7 nitrogen and oxygen atoms in total. The molecule has 0 radical (unpaired) electrons. The van der Waals surface area contributed by atoms with Crippen LogP contribution in [0.15, 0.2) is 47.4 Å². The van der Waals surface area contributed by atoms with E-state index in [0.29, 0.717) is 12.3 Å². The number of benzene rings is 2. The summed E-state index contributed by atoms with van der Waals surface area (Å²) in [6.45, 7) is 0.520. The van der Waals surface area contributed by atoms with Gasteiger partial charge in [0.2, 0.25) is 0 Å². The molecule has 1 fully saturated rings. The zero-order valence-corrected chi connectivity index (χ0v) is 17.6. The van der Waals surface area contributed by atoms with Gasteiger partial charge < -0.3 is 19.9 Å². The SMILES string of the molecule is COc1cc(OC)c(S(=O)(=O)N2C[C@@H](N)[C@H](c3ccccc3)C2)c(OC)c1.Cl. The van der Waals surface area contributed by atoms with Crippen LogP contribution in [-0.2, 0) is 10.0 Å². The molecule has 28 heavy (non-hydrogen) atoms. The van der Waals surface area contributed by atoms with Crippen molar-refractivity contribution in [3.8, 4) is 17.2 Å². The van der Waals surface area contributed by atoms with Crippen LogP contribution < -0.4 is 19.9 Å². The predicted octanol–water partition coefficient (Wildman–Crippen LogP) is 2.25. The fourth-order valence-electron chi connectivity index (χ4n) is 3.40.